The third-order valence-electron chi connectivity index (χ3n) is 3.81. The SMILES string of the molecule is COC(=O)[C@H](O)[C@@H](O)[C@H](O[C@H]1OC(CO)[C@@H](O)C(O)C1O)[C@H](O)CO. The minimum Gasteiger partial charge on any atom is -0.467 e. The molecule has 0 bridgehead atoms. The van der Waals surface area contributed by atoms with Crippen molar-refractivity contribution in [3.63, 3.8) is 0 Å². The molecule has 148 valence electrons. The van der Waals surface area contributed by atoms with Crippen molar-refractivity contribution in [1.82, 2.24) is 0 Å². The van der Waals surface area contributed by atoms with E-state index in [2.05, 4.69) is 4.74 Å². The number of aliphatic hydroxyl groups excluding tert-OH is 8. The highest BCUT2D eigenvalue weighted by molar-refractivity contribution is 5.75. The highest BCUT2D eigenvalue weighted by Gasteiger charge is 2.47. The van der Waals surface area contributed by atoms with E-state index in [1.165, 1.54) is 0 Å². The average Bonchev–Trinajstić information content (AvgIpc) is 2.63. The molecule has 1 aliphatic heterocycles. The van der Waals surface area contributed by atoms with Crippen LogP contribution in [0.25, 0.3) is 0 Å². The predicted molar refractivity (Wildman–Crippen MR) is 75.8 cm³/mol. The second-order valence-electron chi connectivity index (χ2n) is 5.51. The Morgan fingerprint density at radius 3 is 2.16 bits per heavy atom. The Bertz CT molecular complexity index is 418. The third-order valence-corrected chi connectivity index (χ3v) is 3.81. The molecular formula is C13H24O12. The number of carbonyl (C=O) groups excluding carboxylic acids is 1. The number of aliphatic hydroxyl groups is 8. The summed E-state index contributed by atoms with van der Waals surface area (Å²) in [5.74, 6) is -1.25. The Labute approximate surface area is 142 Å². The fraction of sp³-hybridized carbons (Fsp3) is 0.923. The first-order chi connectivity index (χ1) is 11.7. The van der Waals surface area contributed by atoms with Crippen LogP contribution in [-0.2, 0) is 19.0 Å². The van der Waals surface area contributed by atoms with Crippen LogP contribution in [0.15, 0.2) is 0 Å². The van der Waals surface area contributed by atoms with E-state index >= 15 is 0 Å². The fourth-order valence-corrected chi connectivity index (χ4v) is 2.28. The lowest BCUT2D eigenvalue weighted by atomic mass is 9.98. The van der Waals surface area contributed by atoms with Crippen molar-refractivity contribution in [1.29, 1.82) is 0 Å². The highest BCUT2D eigenvalue weighted by atomic mass is 16.7. The van der Waals surface area contributed by atoms with Gasteiger partial charge < -0.3 is 55.1 Å². The maximum atomic E-state index is 11.3. The van der Waals surface area contributed by atoms with Crippen LogP contribution >= 0.6 is 0 Å². The third kappa shape index (κ3) is 5.04. The molecule has 12 nitrogen and oxygen atoms in total. The highest BCUT2D eigenvalue weighted by Crippen LogP contribution is 2.25. The Kier molecular flexibility index (Phi) is 8.56. The molecule has 0 aromatic heterocycles. The topological polar surface area (TPSA) is 207 Å². The Balaban J connectivity index is 2.95. The molecule has 12 heteroatoms. The van der Waals surface area contributed by atoms with Gasteiger partial charge in [-0.05, 0) is 0 Å². The number of esters is 1. The van der Waals surface area contributed by atoms with Gasteiger partial charge in [-0.3, -0.25) is 0 Å². The van der Waals surface area contributed by atoms with E-state index in [-0.39, 0.29) is 0 Å². The summed E-state index contributed by atoms with van der Waals surface area (Å²) in [5.41, 5.74) is 0. The summed E-state index contributed by atoms with van der Waals surface area (Å²) in [6, 6.07) is 0. The molecule has 0 aliphatic carbocycles. The van der Waals surface area contributed by atoms with Gasteiger partial charge in [0.25, 0.3) is 0 Å². The van der Waals surface area contributed by atoms with Crippen molar-refractivity contribution in [2.45, 2.75) is 55.1 Å². The molecule has 1 saturated heterocycles. The van der Waals surface area contributed by atoms with Crippen LogP contribution in [0.1, 0.15) is 0 Å². The van der Waals surface area contributed by atoms with Gasteiger partial charge in [0, 0.05) is 0 Å². The van der Waals surface area contributed by atoms with Gasteiger partial charge in [-0.25, -0.2) is 4.79 Å². The van der Waals surface area contributed by atoms with E-state index in [1.54, 1.807) is 0 Å². The van der Waals surface area contributed by atoms with Gasteiger partial charge in [0.15, 0.2) is 12.4 Å². The maximum Gasteiger partial charge on any atom is 0.337 e. The van der Waals surface area contributed by atoms with Gasteiger partial charge in [0.2, 0.25) is 0 Å². The number of hydrogen-bond donors (Lipinski definition) is 8. The van der Waals surface area contributed by atoms with E-state index in [0.717, 1.165) is 7.11 Å². The normalized spacial score (nSPS) is 34.8. The molecule has 1 aliphatic rings. The van der Waals surface area contributed by atoms with E-state index < -0.39 is 74.3 Å². The second-order valence-corrected chi connectivity index (χ2v) is 5.51. The number of carbonyl (C=O) groups is 1. The molecule has 1 heterocycles. The quantitative estimate of drug-likeness (QED) is 0.188. The van der Waals surface area contributed by atoms with Crippen LogP contribution in [0.2, 0.25) is 0 Å². The van der Waals surface area contributed by atoms with E-state index in [4.69, 9.17) is 19.7 Å². The molecular weight excluding hydrogens is 348 g/mol. The molecule has 0 amide bonds. The molecule has 0 aromatic carbocycles. The Hall–Kier alpha value is -0.930. The van der Waals surface area contributed by atoms with Crippen LogP contribution in [0, 0.1) is 0 Å². The molecule has 8 N–H and O–H groups in total. The van der Waals surface area contributed by atoms with Gasteiger partial charge in [0.1, 0.15) is 42.7 Å². The van der Waals surface area contributed by atoms with Crippen molar-refractivity contribution in [2.75, 3.05) is 20.3 Å². The van der Waals surface area contributed by atoms with Gasteiger partial charge in [-0.2, -0.15) is 0 Å². The molecule has 3 unspecified atom stereocenters. The molecule has 0 radical (unpaired) electrons. The van der Waals surface area contributed by atoms with Crippen molar-refractivity contribution < 1.29 is 59.9 Å². The van der Waals surface area contributed by atoms with Crippen LogP contribution in [0.3, 0.4) is 0 Å². The van der Waals surface area contributed by atoms with Crippen molar-refractivity contribution in [3.05, 3.63) is 0 Å². The van der Waals surface area contributed by atoms with Gasteiger partial charge in [-0.1, -0.05) is 0 Å². The van der Waals surface area contributed by atoms with Gasteiger partial charge in [-0.15, -0.1) is 0 Å². The minimum atomic E-state index is -2.15. The van der Waals surface area contributed by atoms with Crippen molar-refractivity contribution >= 4 is 5.97 Å². The summed E-state index contributed by atoms with van der Waals surface area (Å²) in [5, 5.41) is 76.8. The largest absolute Gasteiger partial charge is 0.467 e. The maximum absolute atomic E-state index is 11.3. The molecule has 9 atom stereocenters. The fourth-order valence-electron chi connectivity index (χ4n) is 2.28. The van der Waals surface area contributed by atoms with Crippen LogP contribution < -0.4 is 0 Å². The van der Waals surface area contributed by atoms with E-state index in [1.807, 2.05) is 0 Å². The first kappa shape index (κ1) is 22.1. The summed E-state index contributed by atoms with van der Waals surface area (Å²) >= 11 is 0. The van der Waals surface area contributed by atoms with Gasteiger partial charge >= 0.3 is 5.97 Å². The number of methoxy groups -OCH3 is 1. The first-order valence-electron chi connectivity index (χ1n) is 7.38. The first-order valence-corrected chi connectivity index (χ1v) is 7.38. The number of ether oxygens (including phenoxy) is 3. The van der Waals surface area contributed by atoms with Crippen LogP contribution in [0.4, 0.5) is 0 Å². The van der Waals surface area contributed by atoms with Gasteiger partial charge in [0.05, 0.1) is 20.3 Å². The Morgan fingerprint density at radius 1 is 1.08 bits per heavy atom. The monoisotopic (exact) mass is 372 g/mol. The number of rotatable bonds is 8. The zero-order valence-corrected chi connectivity index (χ0v) is 13.3. The van der Waals surface area contributed by atoms with Crippen LogP contribution in [-0.4, -0.2) is 122 Å². The molecule has 0 saturated carbocycles. The minimum absolute atomic E-state index is 0.745. The predicted octanol–water partition coefficient (Wildman–Crippen LogP) is -5.58. The molecule has 0 spiro atoms. The summed E-state index contributed by atoms with van der Waals surface area (Å²) < 4.78 is 14.4. The van der Waals surface area contributed by atoms with Crippen LogP contribution in [0.5, 0.6) is 0 Å². The average molecular weight is 372 g/mol. The Morgan fingerprint density at radius 2 is 1.68 bits per heavy atom. The number of hydrogen-bond acceptors (Lipinski definition) is 12. The smallest absolute Gasteiger partial charge is 0.337 e. The molecule has 0 aromatic rings. The zero-order valence-electron chi connectivity index (χ0n) is 13.3. The second kappa shape index (κ2) is 9.68. The lowest BCUT2D eigenvalue weighted by molar-refractivity contribution is -0.326. The molecule has 1 rings (SSSR count). The standard InChI is InChI=1S/C13H24O12/c1-23-12(22)9(20)8(19)11(4(16)2-14)25-13-10(21)7(18)6(17)5(3-15)24-13/h4-11,13-21H,2-3H2,1H3/t4-,5?,6-,7?,8-,9-,10?,11-,13-/m1/s1. The zero-order chi connectivity index (χ0) is 19.3. The lowest BCUT2D eigenvalue weighted by Gasteiger charge is -2.42. The van der Waals surface area contributed by atoms with Crippen molar-refractivity contribution in [2.24, 2.45) is 0 Å². The summed E-state index contributed by atoms with van der Waals surface area (Å²) in [6.45, 7) is -1.70. The summed E-state index contributed by atoms with van der Waals surface area (Å²) in [6.07, 6.45) is -16.3. The summed E-state index contributed by atoms with van der Waals surface area (Å²) in [4.78, 5) is 11.3. The van der Waals surface area contributed by atoms with Crippen molar-refractivity contribution in [3.8, 4) is 0 Å². The van der Waals surface area contributed by atoms with E-state index in [0.29, 0.717) is 0 Å². The summed E-state index contributed by atoms with van der Waals surface area (Å²) in [7, 11) is 0.939. The molecule has 25 heavy (non-hydrogen) atoms. The molecule has 1 fully saturated rings. The van der Waals surface area contributed by atoms with E-state index in [9.17, 15) is 35.4 Å². The lowest BCUT2D eigenvalue weighted by Crippen LogP contribution is -2.61.